The monoisotopic (exact) mass is 587 g/mol. The van der Waals surface area contributed by atoms with Crippen LogP contribution >= 0.6 is 0 Å². The molecule has 9 nitrogen and oxygen atoms in total. The highest BCUT2D eigenvalue weighted by molar-refractivity contribution is 6.73. The van der Waals surface area contributed by atoms with Gasteiger partial charge in [-0.2, -0.15) is 0 Å². The highest BCUT2D eigenvalue weighted by atomic mass is 28.4. The van der Waals surface area contributed by atoms with Gasteiger partial charge in [0.1, 0.15) is 6.10 Å². The van der Waals surface area contributed by atoms with Crippen molar-refractivity contribution in [2.75, 3.05) is 20.3 Å². The maximum Gasteiger partial charge on any atom is 0.330 e. The minimum absolute atomic E-state index is 0.00800. The molecule has 1 saturated heterocycles. The van der Waals surface area contributed by atoms with Crippen LogP contribution in [0.3, 0.4) is 0 Å². The van der Waals surface area contributed by atoms with Crippen molar-refractivity contribution in [3.63, 3.8) is 0 Å². The molecule has 2 bridgehead atoms. The molecular weight excluding hydrogens is 554 g/mol. The lowest BCUT2D eigenvalue weighted by atomic mass is 9.72. The van der Waals surface area contributed by atoms with Gasteiger partial charge >= 0.3 is 5.97 Å². The summed E-state index contributed by atoms with van der Waals surface area (Å²) in [5.41, 5.74) is -1.02. The molecule has 42 heavy (non-hydrogen) atoms. The molecule has 5 rings (SSSR count). The average Bonchev–Trinajstić information content (AvgIpc) is 3.56. The number of hydrogen-bond donors (Lipinski definition) is 1. The third kappa shape index (κ3) is 4.76. The molecule has 2 aliphatic heterocycles. The molecule has 2 heterocycles. The number of nitrogens with zero attached hydrogens (tertiary/aromatic N) is 1. The molecule has 0 saturated carbocycles. The lowest BCUT2D eigenvalue weighted by Gasteiger charge is -2.50. The van der Waals surface area contributed by atoms with Crippen LogP contribution in [0.1, 0.15) is 47.9 Å². The number of aliphatic hydroxyl groups excluding tert-OH is 1. The van der Waals surface area contributed by atoms with Crippen LogP contribution in [0.25, 0.3) is 0 Å². The first-order chi connectivity index (χ1) is 20.2. The van der Waals surface area contributed by atoms with Gasteiger partial charge in [-0.05, 0) is 42.4 Å². The van der Waals surface area contributed by atoms with E-state index in [0.717, 1.165) is 23.0 Å². The number of aliphatic hydroxyl groups is 1. The van der Waals surface area contributed by atoms with Crippen LogP contribution in [0.4, 0.5) is 0 Å². The second-order valence-corrected chi connectivity index (χ2v) is 15.1. The standard InChI is InChI=1S/C32H33NO8Si/c1-5-42(6-2,7-3)41-31-17-13-9-8-10-16-25(34)27(24(31)20-26(35)38-4)28(32(21-31)39-18-19-40-32)33-29(36)22-14-11-12-15-23(22)30(33)37/h8-9,11-12,14-15,20,25,34H,5-7,18-19,21H2,1-4H3/b9-8-,24-20+/t25-,31-/m0/s1. The number of ether oxygens (including phenoxy) is 3. The molecule has 2 aliphatic carbocycles. The molecule has 1 aromatic carbocycles. The van der Waals surface area contributed by atoms with Crippen LogP contribution in [0.5, 0.6) is 0 Å². The average molecular weight is 588 g/mol. The smallest absolute Gasteiger partial charge is 0.330 e. The van der Waals surface area contributed by atoms with Crippen molar-refractivity contribution in [2.45, 2.75) is 62.8 Å². The van der Waals surface area contributed by atoms with Gasteiger partial charge in [0.15, 0.2) is 13.9 Å². The molecule has 2 atom stereocenters. The quantitative estimate of drug-likeness (QED) is 0.170. The van der Waals surface area contributed by atoms with Gasteiger partial charge < -0.3 is 23.7 Å². The number of carbonyl (C=O) groups excluding carboxylic acids is 3. The third-order valence-electron chi connectivity index (χ3n) is 8.40. The Hall–Kier alpha value is -3.77. The summed E-state index contributed by atoms with van der Waals surface area (Å²) in [5, 5.41) is 11.7. The van der Waals surface area contributed by atoms with Crippen LogP contribution in [-0.2, 0) is 23.4 Å². The Morgan fingerprint density at radius 1 is 1.07 bits per heavy atom. The molecule has 1 N–H and O–H groups in total. The predicted molar refractivity (Wildman–Crippen MR) is 155 cm³/mol. The van der Waals surface area contributed by atoms with Crippen LogP contribution in [0.2, 0.25) is 18.1 Å². The van der Waals surface area contributed by atoms with Crippen molar-refractivity contribution >= 4 is 26.1 Å². The Labute approximate surface area is 246 Å². The number of amides is 2. The highest BCUT2D eigenvalue weighted by Crippen LogP contribution is 2.53. The largest absolute Gasteiger partial charge is 0.466 e. The molecule has 4 aliphatic rings. The Morgan fingerprint density at radius 3 is 2.24 bits per heavy atom. The van der Waals surface area contributed by atoms with Gasteiger partial charge in [-0.15, -0.1) is 0 Å². The fourth-order valence-electron chi connectivity index (χ4n) is 6.09. The zero-order chi connectivity index (χ0) is 30.1. The van der Waals surface area contributed by atoms with Gasteiger partial charge in [0.05, 0.1) is 43.6 Å². The Balaban J connectivity index is 1.90. The molecule has 10 heteroatoms. The summed E-state index contributed by atoms with van der Waals surface area (Å²) in [4.78, 5) is 41.7. The molecular formula is C32H33NO8Si. The minimum Gasteiger partial charge on any atom is -0.466 e. The second-order valence-electron chi connectivity index (χ2n) is 10.4. The topological polar surface area (TPSA) is 112 Å². The lowest BCUT2D eigenvalue weighted by Crippen LogP contribution is -2.59. The van der Waals surface area contributed by atoms with E-state index in [1.54, 1.807) is 30.3 Å². The molecule has 1 spiro atoms. The Morgan fingerprint density at radius 2 is 1.67 bits per heavy atom. The lowest BCUT2D eigenvalue weighted by molar-refractivity contribution is -0.166. The van der Waals surface area contributed by atoms with E-state index < -0.39 is 43.6 Å². The second kappa shape index (κ2) is 11.5. The van der Waals surface area contributed by atoms with E-state index in [1.165, 1.54) is 19.3 Å². The van der Waals surface area contributed by atoms with Crippen molar-refractivity contribution in [1.82, 2.24) is 4.90 Å². The Bertz CT molecular complexity index is 1500. The van der Waals surface area contributed by atoms with Crippen molar-refractivity contribution < 1.29 is 38.1 Å². The number of methoxy groups -OCH3 is 1. The van der Waals surface area contributed by atoms with E-state index in [9.17, 15) is 19.5 Å². The number of hydrogen-bond acceptors (Lipinski definition) is 8. The third-order valence-corrected chi connectivity index (χ3v) is 13.0. The van der Waals surface area contributed by atoms with Crippen molar-refractivity contribution in [2.24, 2.45) is 0 Å². The first kappa shape index (κ1) is 29.7. The number of carbonyl (C=O) groups is 3. The summed E-state index contributed by atoms with van der Waals surface area (Å²) in [5.74, 6) is 8.10. The van der Waals surface area contributed by atoms with Crippen molar-refractivity contribution in [3.05, 3.63) is 70.5 Å². The van der Waals surface area contributed by atoms with E-state index in [0.29, 0.717) is 0 Å². The maximum atomic E-state index is 13.9. The zero-order valence-corrected chi connectivity index (χ0v) is 25.1. The number of benzene rings is 1. The number of esters is 1. The zero-order valence-electron chi connectivity index (χ0n) is 24.1. The van der Waals surface area contributed by atoms with Crippen molar-refractivity contribution in [1.29, 1.82) is 0 Å². The van der Waals surface area contributed by atoms with Crippen LogP contribution in [0.15, 0.2) is 59.3 Å². The molecule has 0 aromatic heterocycles. The van der Waals surface area contributed by atoms with E-state index in [4.69, 9.17) is 18.6 Å². The number of rotatable bonds is 7. The normalized spacial score (nSPS) is 26.0. The maximum absolute atomic E-state index is 13.9. The van der Waals surface area contributed by atoms with E-state index in [2.05, 4.69) is 44.5 Å². The minimum atomic E-state index is -2.51. The summed E-state index contributed by atoms with van der Waals surface area (Å²) in [6.07, 6.45) is 2.56. The summed E-state index contributed by atoms with van der Waals surface area (Å²) in [6, 6.07) is 8.73. The van der Waals surface area contributed by atoms with Gasteiger partial charge in [-0.3, -0.25) is 9.59 Å². The molecule has 1 fully saturated rings. The van der Waals surface area contributed by atoms with Gasteiger partial charge in [0.25, 0.3) is 11.8 Å². The van der Waals surface area contributed by atoms with Gasteiger partial charge in [-0.1, -0.05) is 56.6 Å². The number of allylic oxidation sites excluding steroid dienone is 2. The summed E-state index contributed by atoms with van der Waals surface area (Å²) in [7, 11) is -1.27. The first-order valence-electron chi connectivity index (χ1n) is 14.1. The fourth-order valence-corrected chi connectivity index (χ4v) is 8.99. The molecule has 1 aromatic rings. The highest BCUT2D eigenvalue weighted by Gasteiger charge is 2.62. The summed E-state index contributed by atoms with van der Waals surface area (Å²) < 4.78 is 24.8. The van der Waals surface area contributed by atoms with Crippen LogP contribution in [0, 0.1) is 23.7 Å². The van der Waals surface area contributed by atoms with E-state index in [1.807, 2.05) is 0 Å². The van der Waals surface area contributed by atoms with Crippen molar-refractivity contribution in [3.8, 4) is 23.7 Å². The van der Waals surface area contributed by atoms with Crippen LogP contribution < -0.4 is 0 Å². The fraction of sp³-hybridized carbons (Fsp3) is 0.406. The van der Waals surface area contributed by atoms with Gasteiger partial charge in [-0.25, -0.2) is 9.69 Å². The van der Waals surface area contributed by atoms with Gasteiger partial charge in [0, 0.05) is 17.2 Å². The summed E-state index contributed by atoms with van der Waals surface area (Å²) >= 11 is 0. The SMILES string of the molecule is CC[Si](CC)(CC)O[C@@]12C#C/C=C\C#C[C@H](O)C(=C(N3C(=O)c4ccccc4C3=O)C3(C1)OCCO3)/C2=C\C(=O)OC. The van der Waals surface area contributed by atoms with E-state index >= 15 is 0 Å². The Kier molecular flexibility index (Phi) is 8.12. The predicted octanol–water partition coefficient (Wildman–Crippen LogP) is 3.48. The summed E-state index contributed by atoms with van der Waals surface area (Å²) in [6.45, 7) is 6.50. The molecule has 218 valence electrons. The van der Waals surface area contributed by atoms with Crippen LogP contribution in [-0.4, -0.2) is 73.9 Å². The number of fused-ring (bicyclic) bond motifs is 3. The molecule has 0 unspecified atom stereocenters. The molecule has 2 amide bonds. The number of imide groups is 1. The first-order valence-corrected chi connectivity index (χ1v) is 16.6. The van der Waals surface area contributed by atoms with Gasteiger partial charge in [0.2, 0.25) is 5.79 Å². The molecule has 0 radical (unpaired) electrons. The van der Waals surface area contributed by atoms with E-state index in [-0.39, 0.29) is 47.6 Å².